The van der Waals surface area contributed by atoms with Gasteiger partial charge in [0.2, 0.25) is 5.91 Å². The van der Waals surface area contributed by atoms with E-state index >= 15 is 0 Å². The molecular formula is C19H27N3O4. The first-order chi connectivity index (χ1) is 12.5. The number of imidazole rings is 1. The largest absolute Gasteiger partial charge is 0.497 e. The fraction of sp³-hybridized carbons (Fsp3) is 0.579. The molecule has 1 aromatic carbocycles. The predicted molar refractivity (Wildman–Crippen MR) is 99.2 cm³/mol. The molecular weight excluding hydrogens is 334 g/mol. The Balaban J connectivity index is 1.71. The van der Waals surface area contributed by atoms with Crippen molar-refractivity contribution in [3.05, 3.63) is 28.7 Å². The zero-order valence-corrected chi connectivity index (χ0v) is 15.7. The molecule has 1 fully saturated rings. The number of hydrogen-bond acceptors (Lipinski definition) is 4. The number of amides is 1. The van der Waals surface area contributed by atoms with Gasteiger partial charge in [0.15, 0.2) is 0 Å². The zero-order chi connectivity index (χ0) is 18.7. The van der Waals surface area contributed by atoms with E-state index in [1.807, 2.05) is 22.8 Å². The Morgan fingerprint density at radius 2 is 1.92 bits per heavy atom. The van der Waals surface area contributed by atoms with Crippen LogP contribution in [0.15, 0.2) is 23.0 Å². The molecule has 1 N–H and O–H groups in total. The third-order valence-electron chi connectivity index (χ3n) is 5.40. The maximum atomic E-state index is 12.7. The van der Waals surface area contributed by atoms with Gasteiger partial charge in [-0.1, -0.05) is 0 Å². The average Bonchev–Trinajstić information content (AvgIpc) is 2.91. The summed E-state index contributed by atoms with van der Waals surface area (Å²) in [6.45, 7) is 0.932. The normalized spacial score (nSPS) is 20.3. The second-order valence-corrected chi connectivity index (χ2v) is 7.00. The first-order valence-corrected chi connectivity index (χ1v) is 9.05. The monoisotopic (exact) mass is 361 g/mol. The van der Waals surface area contributed by atoms with Gasteiger partial charge < -0.3 is 14.8 Å². The van der Waals surface area contributed by atoms with Crippen LogP contribution < -0.4 is 15.7 Å². The minimum absolute atomic E-state index is 0.00628. The van der Waals surface area contributed by atoms with E-state index in [0.717, 1.165) is 42.5 Å². The molecule has 142 valence electrons. The Morgan fingerprint density at radius 3 is 2.58 bits per heavy atom. The minimum Gasteiger partial charge on any atom is -0.497 e. The van der Waals surface area contributed by atoms with Crippen molar-refractivity contribution in [2.45, 2.75) is 32.2 Å². The summed E-state index contributed by atoms with van der Waals surface area (Å²) in [5.74, 6) is 1.26. The van der Waals surface area contributed by atoms with E-state index in [9.17, 15) is 9.59 Å². The molecule has 0 aliphatic heterocycles. The van der Waals surface area contributed by atoms with Crippen LogP contribution in [0.1, 0.15) is 25.7 Å². The van der Waals surface area contributed by atoms with Crippen molar-refractivity contribution in [1.29, 1.82) is 0 Å². The molecule has 1 heterocycles. The van der Waals surface area contributed by atoms with Gasteiger partial charge in [-0.3, -0.25) is 13.9 Å². The number of carbonyl (C=O) groups is 1. The molecule has 0 bridgehead atoms. The number of benzene rings is 1. The lowest BCUT2D eigenvalue weighted by molar-refractivity contribution is -0.127. The molecule has 1 saturated carbocycles. The van der Waals surface area contributed by atoms with E-state index in [4.69, 9.17) is 9.47 Å². The van der Waals surface area contributed by atoms with Crippen LogP contribution in [0.5, 0.6) is 5.75 Å². The van der Waals surface area contributed by atoms with Crippen LogP contribution in [0, 0.1) is 11.8 Å². The summed E-state index contributed by atoms with van der Waals surface area (Å²) in [6.07, 6.45) is 3.59. The topological polar surface area (TPSA) is 74.5 Å². The molecule has 0 saturated heterocycles. The average molecular weight is 361 g/mol. The van der Waals surface area contributed by atoms with Gasteiger partial charge >= 0.3 is 5.69 Å². The highest BCUT2D eigenvalue weighted by atomic mass is 16.5. The maximum absolute atomic E-state index is 12.7. The number of nitrogens with zero attached hydrogens (tertiary/aromatic N) is 2. The molecule has 0 unspecified atom stereocenters. The molecule has 0 spiro atoms. The van der Waals surface area contributed by atoms with Gasteiger partial charge in [0.1, 0.15) is 12.5 Å². The third-order valence-corrected chi connectivity index (χ3v) is 5.40. The number of fused-ring (bicyclic) bond motifs is 1. The van der Waals surface area contributed by atoms with Crippen molar-refractivity contribution in [2.75, 3.05) is 21.0 Å². The van der Waals surface area contributed by atoms with Crippen LogP contribution in [0.3, 0.4) is 0 Å². The lowest BCUT2D eigenvalue weighted by Crippen LogP contribution is -2.35. The Morgan fingerprint density at radius 1 is 1.19 bits per heavy atom. The van der Waals surface area contributed by atoms with Crippen LogP contribution in [-0.4, -0.2) is 36.0 Å². The van der Waals surface area contributed by atoms with Crippen LogP contribution >= 0.6 is 0 Å². The number of methoxy groups -OCH3 is 2. The lowest BCUT2D eigenvalue weighted by atomic mass is 9.81. The van der Waals surface area contributed by atoms with Gasteiger partial charge in [-0.25, -0.2) is 4.79 Å². The highest BCUT2D eigenvalue weighted by molar-refractivity contribution is 5.78. The van der Waals surface area contributed by atoms with Crippen molar-refractivity contribution >= 4 is 16.9 Å². The summed E-state index contributed by atoms with van der Waals surface area (Å²) in [7, 11) is 4.99. The molecule has 0 atom stereocenters. The summed E-state index contributed by atoms with van der Waals surface area (Å²) >= 11 is 0. The molecule has 1 aromatic heterocycles. The van der Waals surface area contributed by atoms with Gasteiger partial charge in [-0.15, -0.1) is 0 Å². The van der Waals surface area contributed by atoms with E-state index in [2.05, 4.69) is 5.32 Å². The van der Waals surface area contributed by atoms with Crippen molar-refractivity contribution in [3.63, 3.8) is 0 Å². The molecule has 26 heavy (non-hydrogen) atoms. The van der Waals surface area contributed by atoms with E-state index in [1.165, 1.54) is 0 Å². The second-order valence-electron chi connectivity index (χ2n) is 7.00. The van der Waals surface area contributed by atoms with E-state index < -0.39 is 0 Å². The Hall–Kier alpha value is -2.28. The fourth-order valence-electron chi connectivity index (χ4n) is 3.85. The van der Waals surface area contributed by atoms with E-state index in [0.29, 0.717) is 12.5 Å². The maximum Gasteiger partial charge on any atom is 0.328 e. The summed E-state index contributed by atoms with van der Waals surface area (Å²) in [5.41, 5.74) is 1.80. The highest BCUT2D eigenvalue weighted by Gasteiger charge is 2.27. The zero-order valence-electron chi connectivity index (χ0n) is 15.7. The molecule has 0 radical (unpaired) electrons. The van der Waals surface area contributed by atoms with Gasteiger partial charge in [-0.05, 0) is 43.7 Å². The van der Waals surface area contributed by atoms with Crippen molar-refractivity contribution in [3.8, 4) is 5.75 Å². The summed E-state index contributed by atoms with van der Waals surface area (Å²) < 4.78 is 13.7. The first kappa shape index (κ1) is 18.5. The second kappa shape index (κ2) is 7.95. The number of hydrogen-bond donors (Lipinski definition) is 1. The lowest BCUT2D eigenvalue weighted by Gasteiger charge is -2.27. The van der Waals surface area contributed by atoms with Crippen molar-refractivity contribution in [1.82, 2.24) is 14.5 Å². The van der Waals surface area contributed by atoms with Crippen molar-refractivity contribution in [2.24, 2.45) is 18.9 Å². The highest BCUT2D eigenvalue weighted by Crippen LogP contribution is 2.31. The Labute approximate surface area is 152 Å². The van der Waals surface area contributed by atoms with Crippen LogP contribution in [0.25, 0.3) is 11.0 Å². The standard InChI is InChI=1S/C19H27N3O4/c1-21-16-9-8-15(26-3)10-17(16)22(19(21)24)11-13-4-6-14(7-5-13)18(23)20-12-25-2/h8-10,13-14H,4-7,11-12H2,1-3H3,(H,20,23). The molecule has 3 rings (SSSR count). The number of aryl methyl sites for hydroxylation is 1. The Kier molecular flexibility index (Phi) is 5.66. The van der Waals surface area contributed by atoms with Gasteiger partial charge in [-0.2, -0.15) is 0 Å². The smallest absolute Gasteiger partial charge is 0.328 e. The van der Waals surface area contributed by atoms with Crippen LogP contribution in [-0.2, 0) is 23.1 Å². The van der Waals surface area contributed by atoms with Gasteiger partial charge in [0.05, 0.1) is 18.1 Å². The third kappa shape index (κ3) is 3.62. The number of aromatic nitrogens is 2. The molecule has 2 aromatic rings. The number of rotatable bonds is 6. The molecule has 1 aliphatic rings. The summed E-state index contributed by atoms with van der Waals surface area (Å²) in [4.78, 5) is 24.7. The summed E-state index contributed by atoms with van der Waals surface area (Å²) in [5, 5.41) is 2.78. The molecule has 7 nitrogen and oxygen atoms in total. The van der Waals surface area contributed by atoms with Gasteiger partial charge in [0, 0.05) is 32.7 Å². The molecule has 7 heteroatoms. The van der Waals surface area contributed by atoms with E-state index in [1.54, 1.807) is 25.8 Å². The number of nitrogens with one attached hydrogen (secondary N) is 1. The first-order valence-electron chi connectivity index (χ1n) is 9.05. The SMILES string of the molecule is COCNC(=O)C1CCC(Cn2c(=O)n(C)c3ccc(OC)cc32)CC1. The Bertz CT molecular complexity index is 831. The van der Waals surface area contributed by atoms with Crippen LogP contribution in [0.2, 0.25) is 0 Å². The van der Waals surface area contributed by atoms with Gasteiger partial charge in [0.25, 0.3) is 0 Å². The quantitative estimate of drug-likeness (QED) is 0.797. The summed E-state index contributed by atoms with van der Waals surface area (Å²) in [6, 6.07) is 5.71. The minimum atomic E-state index is -0.00628. The molecule has 1 amide bonds. The van der Waals surface area contributed by atoms with Crippen LogP contribution in [0.4, 0.5) is 0 Å². The van der Waals surface area contributed by atoms with E-state index in [-0.39, 0.29) is 24.2 Å². The predicted octanol–water partition coefficient (Wildman–Crippen LogP) is 1.88. The fourth-order valence-corrected chi connectivity index (χ4v) is 3.85. The van der Waals surface area contributed by atoms with Crippen molar-refractivity contribution < 1.29 is 14.3 Å². The molecule has 1 aliphatic carbocycles. The number of carbonyl (C=O) groups excluding carboxylic acids is 1. The number of ether oxygens (including phenoxy) is 2.